The third-order valence-electron chi connectivity index (χ3n) is 5.01. The molecule has 30 heavy (non-hydrogen) atoms. The minimum Gasteiger partial charge on any atom is -0.353 e. The molecule has 7 heteroatoms. The second kappa shape index (κ2) is 9.63. The van der Waals surface area contributed by atoms with Gasteiger partial charge in [-0.15, -0.1) is 5.10 Å². The molecule has 3 aromatic rings. The van der Waals surface area contributed by atoms with E-state index >= 15 is 0 Å². The second-order valence-electron chi connectivity index (χ2n) is 7.02. The Morgan fingerprint density at radius 3 is 2.57 bits per heavy atom. The monoisotopic (exact) mass is 397 g/mol. The van der Waals surface area contributed by atoms with Crippen LogP contribution < -0.4 is 10.2 Å². The zero-order valence-corrected chi connectivity index (χ0v) is 16.6. The van der Waals surface area contributed by atoms with Crippen molar-refractivity contribution in [1.82, 2.24) is 20.1 Å². The molecule has 7 nitrogen and oxygen atoms in total. The molecule has 1 aliphatic rings. The molecule has 2 heterocycles. The average Bonchev–Trinajstić information content (AvgIpc) is 2.81. The maximum absolute atomic E-state index is 9.24. The summed E-state index contributed by atoms with van der Waals surface area (Å²) in [4.78, 5) is 9.23. The van der Waals surface area contributed by atoms with E-state index < -0.39 is 0 Å². The Hall–Kier alpha value is -3.76. The van der Waals surface area contributed by atoms with Gasteiger partial charge < -0.3 is 10.2 Å². The molecular formula is C23H23N7. The van der Waals surface area contributed by atoms with Crippen molar-refractivity contribution in [3.8, 4) is 6.07 Å². The fourth-order valence-electron chi connectivity index (χ4n) is 3.37. The van der Waals surface area contributed by atoms with Gasteiger partial charge in [-0.3, -0.25) is 4.90 Å². The molecule has 0 bridgehead atoms. The Bertz CT molecular complexity index is 1030. The van der Waals surface area contributed by atoms with Gasteiger partial charge in [0.15, 0.2) is 5.82 Å². The van der Waals surface area contributed by atoms with Crippen molar-refractivity contribution < 1.29 is 0 Å². The quantitative estimate of drug-likeness (QED) is 0.683. The van der Waals surface area contributed by atoms with Gasteiger partial charge in [-0.1, -0.05) is 54.6 Å². The summed E-state index contributed by atoms with van der Waals surface area (Å²) in [5, 5.41) is 20.5. The van der Waals surface area contributed by atoms with E-state index in [0.29, 0.717) is 17.2 Å². The number of piperazine rings is 1. The summed E-state index contributed by atoms with van der Waals surface area (Å²) in [6.07, 6.45) is 6.07. The summed E-state index contributed by atoms with van der Waals surface area (Å²) < 4.78 is 0. The molecule has 1 aromatic heterocycles. The highest BCUT2D eigenvalue weighted by atomic mass is 15.3. The van der Waals surface area contributed by atoms with Gasteiger partial charge in [0.1, 0.15) is 6.07 Å². The third kappa shape index (κ3) is 4.99. The minimum absolute atomic E-state index is 0.392. The number of hydrogen-bond acceptors (Lipinski definition) is 7. The number of rotatable bonds is 6. The maximum atomic E-state index is 9.24. The largest absolute Gasteiger partial charge is 0.353 e. The smallest absolute Gasteiger partial charge is 0.249 e. The fourth-order valence-corrected chi connectivity index (χ4v) is 3.37. The molecule has 0 spiro atoms. The van der Waals surface area contributed by atoms with Crippen molar-refractivity contribution in [2.45, 2.75) is 0 Å². The minimum atomic E-state index is 0.392. The van der Waals surface area contributed by atoms with Gasteiger partial charge in [0, 0.05) is 32.7 Å². The van der Waals surface area contributed by atoms with E-state index in [1.165, 1.54) is 5.56 Å². The highest BCUT2D eigenvalue weighted by molar-refractivity contribution is 5.63. The first kappa shape index (κ1) is 19.6. The van der Waals surface area contributed by atoms with E-state index in [1.54, 1.807) is 12.3 Å². The van der Waals surface area contributed by atoms with Crippen LogP contribution in [0.15, 0.2) is 66.9 Å². The number of nitriles is 1. The molecule has 4 rings (SSSR count). The molecule has 0 aliphatic carbocycles. The van der Waals surface area contributed by atoms with Gasteiger partial charge in [0.25, 0.3) is 0 Å². The summed E-state index contributed by atoms with van der Waals surface area (Å²) in [7, 11) is 0. The number of anilines is 3. The SMILES string of the molecule is N#Cc1ccccc1Nc1nncc(N2CCN(C/C=C/c3ccccc3)CC2)n1. The van der Waals surface area contributed by atoms with Crippen LogP contribution in [0.5, 0.6) is 0 Å². The van der Waals surface area contributed by atoms with Crippen LogP contribution in [0.1, 0.15) is 11.1 Å². The van der Waals surface area contributed by atoms with Gasteiger partial charge in [-0.2, -0.15) is 15.3 Å². The summed E-state index contributed by atoms with van der Waals surface area (Å²) in [5.41, 5.74) is 2.44. The molecule has 1 saturated heterocycles. The maximum Gasteiger partial charge on any atom is 0.249 e. The number of benzene rings is 2. The Morgan fingerprint density at radius 1 is 1.00 bits per heavy atom. The zero-order chi connectivity index (χ0) is 20.6. The Labute approximate surface area is 176 Å². The fraction of sp³-hybridized carbons (Fsp3) is 0.217. The number of aromatic nitrogens is 3. The predicted octanol–water partition coefficient (Wildman–Crippen LogP) is 3.32. The number of hydrogen-bond donors (Lipinski definition) is 1. The van der Waals surface area contributed by atoms with Crippen LogP contribution in [-0.4, -0.2) is 52.8 Å². The van der Waals surface area contributed by atoms with Crippen molar-refractivity contribution in [2.75, 3.05) is 42.9 Å². The molecule has 150 valence electrons. The normalized spacial score (nSPS) is 14.6. The molecule has 0 unspecified atom stereocenters. The molecule has 0 amide bonds. The van der Waals surface area contributed by atoms with E-state index in [9.17, 15) is 5.26 Å². The Balaban J connectivity index is 1.33. The lowest BCUT2D eigenvalue weighted by molar-refractivity contribution is 0.283. The van der Waals surface area contributed by atoms with Crippen LogP contribution in [0, 0.1) is 11.3 Å². The van der Waals surface area contributed by atoms with Crippen molar-refractivity contribution in [3.05, 3.63) is 78.0 Å². The van der Waals surface area contributed by atoms with Crippen LogP contribution in [0.25, 0.3) is 6.08 Å². The van der Waals surface area contributed by atoms with Crippen LogP contribution in [0.3, 0.4) is 0 Å². The van der Waals surface area contributed by atoms with Crippen LogP contribution >= 0.6 is 0 Å². The standard InChI is InChI=1S/C23H23N7/c24-17-20-10-4-5-11-21(20)26-23-27-22(18-25-28-23)30-15-13-29(14-16-30)12-6-9-19-7-2-1-3-8-19/h1-11,18H,12-16H2,(H,26,27,28)/b9-6+. The van der Waals surface area contributed by atoms with E-state index in [-0.39, 0.29) is 0 Å². The first-order valence-corrected chi connectivity index (χ1v) is 9.96. The number of nitrogens with one attached hydrogen (secondary N) is 1. The topological polar surface area (TPSA) is 81.0 Å². The summed E-state index contributed by atoms with van der Waals surface area (Å²) in [6, 6.07) is 19.8. The first-order chi connectivity index (χ1) is 14.8. The molecule has 1 aliphatic heterocycles. The van der Waals surface area contributed by atoms with Gasteiger partial charge >= 0.3 is 0 Å². The average molecular weight is 397 g/mol. The van der Waals surface area contributed by atoms with Gasteiger partial charge in [0.05, 0.1) is 17.4 Å². The van der Waals surface area contributed by atoms with Crippen molar-refractivity contribution >= 4 is 23.5 Å². The van der Waals surface area contributed by atoms with Crippen molar-refractivity contribution in [3.63, 3.8) is 0 Å². The second-order valence-corrected chi connectivity index (χ2v) is 7.02. The lowest BCUT2D eigenvalue weighted by Gasteiger charge is -2.34. The molecule has 1 N–H and O–H groups in total. The first-order valence-electron chi connectivity index (χ1n) is 9.96. The summed E-state index contributed by atoms with van der Waals surface area (Å²) in [5.74, 6) is 1.19. The number of para-hydroxylation sites is 1. The van der Waals surface area contributed by atoms with E-state index in [1.807, 2.05) is 24.3 Å². The van der Waals surface area contributed by atoms with E-state index in [2.05, 4.69) is 72.8 Å². The Kier molecular flexibility index (Phi) is 6.28. The molecule has 0 radical (unpaired) electrons. The van der Waals surface area contributed by atoms with E-state index in [4.69, 9.17) is 0 Å². The lowest BCUT2D eigenvalue weighted by atomic mass is 10.2. The van der Waals surface area contributed by atoms with E-state index in [0.717, 1.165) is 38.5 Å². The number of nitrogens with zero attached hydrogens (tertiary/aromatic N) is 6. The molecule has 2 aromatic carbocycles. The molecule has 0 saturated carbocycles. The van der Waals surface area contributed by atoms with Gasteiger partial charge in [-0.25, -0.2) is 0 Å². The predicted molar refractivity (Wildman–Crippen MR) is 118 cm³/mol. The molecular weight excluding hydrogens is 374 g/mol. The highest BCUT2D eigenvalue weighted by Crippen LogP contribution is 2.19. The van der Waals surface area contributed by atoms with Gasteiger partial charge in [-0.05, 0) is 17.7 Å². The van der Waals surface area contributed by atoms with Crippen LogP contribution in [-0.2, 0) is 0 Å². The van der Waals surface area contributed by atoms with Crippen LogP contribution in [0.4, 0.5) is 17.5 Å². The zero-order valence-electron chi connectivity index (χ0n) is 16.6. The van der Waals surface area contributed by atoms with Crippen LogP contribution in [0.2, 0.25) is 0 Å². The summed E-state index contributed by atoms with van der Waals surface area (Å²) >= 11 is 0. The van der Waals surface area contributed by atoms with Crippen molar-refractivity contribution in [2.24, 2.45) is 0 Å². The molecule has 1 fully saturated rings. The molecule has 0 atom stereocenters. The van der Waals surface area contributed by atoms with Crippen molar-refractivity contribution in [1.29, 1.82) is 5.26 Å². The highest BCUT2D eigenvalue weighted by Gasteiger charge is 2.18. The third-order valence-corrected chi connectivity index (χ3v) is 5.01. The summed E-state index contributed by atoms with van der Waals surface area (Å²) in [6.45, 7) is 4.62. The van der Waals surface area contributed by atoms with Gasteiger partial charge in [0.2, 0.25) is 5.95 Å². The lowest BCUT2D eigenvalue weighted by Crippen LogP contribution is -2.46. The Morgan fingerprint density at radius 2 is 1.77 bits per heavy atom.